The molecule has 4 nitrogen and oxygen atoms in total. The highest BCUT2D eigenvalue weighted by molar-refractivity contribution is 7.22. The summed E-state index contributed by atoms with van der Waals surface area (Å²) < 4.78 is 1.04. The lowest BCUT2D eigenvalue weighted by Gasteiger charge is -2.14. The molecule has 0 aliphatic carbocycles. The third-order valence-corrected chi connectivity index (χ3v) is 6.62. The maximum atomic E-state index is 13.5. The smallest absolute Gasteiger partial charge is 0.266 e. The van der Waals surface area contributed by atoms with Gasteiger partial charge >= 0.3 is 0 Å². The fraction of sp³-hybridized carbons (Fsp3) is 0.0800. The van der Waals surface area contributed by atoms with Gasteiger partial charge in [0.15, 0.2) is 5.13 Å². The average Bonchev–Trinajstić information content (AvgIpc) is 3.31. The van der Waals surface area contributed by atoms with E-state index in [4.69, 9.17) is 21.6 Å². The van der Waals surface area contributed by atoms with Crippen LogP contribution in [0, 0.1) is 13.8 Å². The number of benzene rings is 3. The molecule has 31 heavy (non-hydrogen) atoms. The number of thiazole rings is 1. The Kier molecular flexibility index (Phi) is 4.93. The second kappa shape index (κ2) is 7.76. The highest BCUT2D eigenvalue weighted by Crippen LogP contribution is 2.35. The van der Waals surface area contributed by atoms with Crippen molar-refractivity contribution in [2.45, 2.75) is 13.8 Å². The predicted molar refractivity (Wildman–Crippen MR) is 129 cm³/mol. The van der Waals surface area contributed by atoms with E-state index in [-0.39, 0.29) is 5.91 Å². The van der Waals surface area contributed by atoms with Gasteiger partial charge in [-0.05, 0) is 54.8 Å². The number of carbonyl (C=O) groups excluding carboxylic acids is 1. The summed E-state index contributed by atoms with van der Waals surface area (Å²) in [6, 6.07) is 21.3. The Morgan fingerprint density at radius 1 is 0.968 bits per heavy atom. The van der Waals surface area contributed by atoms with Crippen LogP contribution in [0.1, 0.15) is 22.3 Å². The molecule has 0 N–H and O–H groups in total. The van der Waals surface area contributed by atoms with E-state index in [0.29, 0.717) is 21.7 Å². The molecule has 2 heterocycles. The average molecular weight is 444 g/mol. The number of aromatic nitrogens is 1. The van der Waals surface area contributed by atoms with Crippen molar-refractivity contribution in [3.63, 3.8) is 0 Å². The molecule has 1 aliphatic heterocycles. The van der Waals surface area contributed by atoms with Gasteiger partial charge in [-0.15, -0.1) is 0 Å². The first-order valence-corrected chi connectivity index (χ1v) is 11.0. The van der Waals surface area contributed by atoms with Gasteiger partial charge in [0.05, 0.1) is 10.2 Å². The van der Waals surface area contributed by atoms with E-state index in [9.17, 15) is 4.79 Å². The number of halogens is 1. The summed E-state index contributed by atoms with van der Waals surface area (Å²) in [6.07, 6.45) is 1.73. The molecule has 0 atom stereocenters. The summed E-state index contributed by atoms with van der Waals surface area (Å²) in [5.41, 5.74) is 5.19. The quantitative estimate of drug-likeness (QED) is 0.344. The Hall–Kier alpha value is -3.28. The minimum absolute atomic E-state index is 0.216. The maximum absolute atomic E-state index is 13.5. The van der Waals surface area contributed by atoms with Crippen molar-refractivity contribution in [2.24, 2.45) is 4.99 Å². The Bertz CT molecular complexity index is 1350. The number of fused-ring (bicyclic) bond motifs is 1. The fourth-order valence-corrected chi connectivity index (χ4v) is 4.71. The molecule has 0 bridgehead atoms. The number of carbonyl (C=O) groups is 1. The van der Waals surface area contributed by atoms with Crippen LogP contribution in [0.2, 0.25) is 5.02 Å². The fourth-order valence-electron chi connectivity index (χ4n) is 3.48. The molecule has 1 aliphatic rings. The van der Waals surface area contributed by atoms with Crippen molar-refractivity contribution in [1.82, 2.24) is 4.98 Å². The first kappa shape index (κ1) is 19.7. The van der Waals surface area contributed by atoms with Crippen molar-refractivity contribution in [1.29, 1.82) is 0 Å². The van der Waals surface area contributed by atoms with Crippen LogP contribution in [0.4, 0.5) is 5.13 Å². The van der Waals surface area contributed by atoms with Gasteiger partial charge in [-0.2, -0.15) is 0 Å². The second-order valence-corrected chi connectivity index (χ2v) is 8.81. The van der Waals surface area contributed by atoms with E-state index < -0.39 is 0 Å². The Labute approximate surface area is 189 Å². The molecule has 3 aromatic carbocycles. The van der Waals surface area contributed by atoms with E-state index >= 15 is 0 Å². The SMILES string of the molecule is Cc1cc2nc(N3C(=O)C(=Cc4ccccc4Cl)N=C3c3ccccc3)sc2cc1C. The molecule has 6 heteroatoms. The van der Waals surface area contributed by atoms with E-state index in [1.54, 1.807) is 17.0 Å². The van der Waals surface area contributed by atoms with E-state index in [1.165, 1.54) is 22.5 Å². The second-order valence-electron chi connectivity index (χ2n) is 7.39. The lowest BCUT2D eigenvalue weighted by atomic mass is 10.1. The summed E-state index contributed by atoms with van der Waals surface area (Å²) in [6.45, 7) is 4.15. The van der Waals surface area contributed by atoms with Crippen molar-refractivity contribution in [3.8, 4) is 0 Å². The number of rotatable bonds is 3. The molecular weight excluding hydrogens is 426 g/mol. The summed E-state index contributed by atoms with van der Waals surface area (Å²) in [4.78, 5) is 24.6. The van der Waals surface area contributed by atoms with E-state index in [1.807, 2.05) is 48.5 Å². The van der Waals surface area contributed by atoms with Gasteiger partial charge in [0.2, 0.25) is 0 Å². The van der Waals surface area contributed by atoms with Gasteiger partial charge in [0.1, 0.15) is 11.5 Å². The lowest BCUT2D eigenvalue weighted by molar-refractivity contribution is -0.113. The molecular formula is C25H18ClN3OS. The van der Waals surface area contributed by atoms with Crippen LogP contribution in [0.3, 0.4) is 0 Å². The zero-order valence-corrected chi connectivity index (χ0v) is 18.5. The zero-order chi connectivity index (χ0) is 21.5. The number of aryl methyl sites for hydroxylation is 2. The van der Waals surface area contributed by atoms with E-state index in [0.717, 1.165) is 21.3 Å². The normalized spacial score (nSPS) is 15.2. The summed E-state index contributed by atoms with van der Waals surface area (Å²) in [5, 5.41) is 1.18. The molecule has 0 unspecified atom stereocenters. The number of nitrogens with zero attached hydrogens (tertiary/aromatic N) is 3. The molecule has 5 rings (SSSR count). The number of hydrogen-bond donors (Lipinski definition) is 0. The standard InChI is InChI=1S/C25H18ClN3OS/c1-15-12-20-22(13-16(15)2)31-25(28-20)29-23(17-8-4-3-5-9-17)27-21(24(29)30)14-18-10-6-7-11-19(18)26/h3-14H,1-2H3. The summed E-state index contributed by atoms with van der Waals surface area (Å²) in [5.74, 6) is 0.350. The number of amidine groups is 1. The molecule has 1 aromatic heterocycles. The molecule has 0 saturated heterocycles. The van der Waals surface area contributed by atoms with Gasteiger partial charge < -0.3 is 0 Å². The van der Waals surface area contributed by atoms with Gasteiger partial charge in [0.25, 0.3) is 5.91 Å². The van der Waals surface area contributed by atoms with Crippen LogP contribution in [0.15, 0.2) is 77.4 Å². The number of hydrogen-bond acceptors (Lipinski definition) is 4. The first-order valence-electron chi connectivity index (χ1n) is 9.84. The monoisotopic (exact) mass is 443 g/mol. The number of anilines is 1. The lowest BCUT2D eigenvalue weighted by Crippen LogP contribution is -2.32. The van der Waals surface area contributed by atoms with Crippen LogP contribution >= 0.6 is 22.9 Å². The summed E-state index contributed by atoms with van der Waals surface area (Å²) >= 11 is 7.80. The van der Waals surface area contributed by atoms with Crippen LogP contribution in [0.25, 0.3) is 16.3 Å². The molecule has 0 fully saturated rings. The Morgan fingerprint density at radius 3 is 2.45 bits per heavy atom. The molecule has 0 spiro atoms. The van der Waals surface area contributed by atoms with Crippen molar-refractivity contribution >= 4 is 56.1 Å². The maximum Gasteiger partial charge on any atom is 0.284 e. The van der Waals surface area contributed by atoms with Gasteiger partial charge in [-0.3, -0.25) is 4.79 Å². The van der Waals surface area contributed by atoms with Gasteiger partial charge in [-0.25, -0.2) is 14.9 Å². The summed E-state index contributed by atoms with van der Waals surface area (Å²) in [7, 11) is 0. The molecule has 152 valence electrons. The van der Waals surface area contributed by atoms with Gasteiger partial charge in [0, 0.05) is 10.6 Å². The van der Waals surface area contributed by atoms with Crippen molar-refractivity contribution in [2.75, 3.05) is 4.90 Å². The van der Waals surface area contributed by atoms with Crippen LogP contribution in [-0.2, 0) is 4.79 Å². The molecule has 0 saturated carbocycles. The Balaban J connectivity index is 1.66. The molecule has 4 aromatic rings. The number of amides is 1. The van der Waals surface area contributed by atoms with E-state index in [2.05, 4.69) is 26.0 Å². The van der Waals surface area contributed by atoms with Gasteiger partial charge in [-0.1, -0.05) is 71.5 Å². The minimum atomic E-state index is -0.216. The minimum Gasteiger partial charge on any atom is -0.266 e. The largest absolute Gasteiger partial charge is 0.284 e. The van der Waals surface area contributed by atoms with Crippen molar-refractivity contribution < 1.29 is 4.79 Å². The van der Waals surface area contributed by atoms with Crippen LogP contribution < -0.4 is 4.90 Å². The topological polar surface area (TPSA) is 45.6 Å². The highest BCUT2D eigenvalue weighted by atomic mass is 35.5. The van der Waals surface area contributed by atoms with Crippen LogP contribution in [0.5, 0.6) is 0 Å². The first-order chi connectivity index (χ1) is 15.0. The predicted octanol–water partition coefficient (Wildman–Crippen LogP) is 6.40. The molecule has 1 amide bonds. The Morgan fingerprint density at radius 2 is 1.68 bits per heavy atom. The zero-order valence-electron chi connectivity index (χ0n) is 17.0. The van der Waals surface area contributed by atoms with Crippen LogP contribution in [-0.4, -0.2) is 16.7 Å². The number of aliphatic imine (C=N–C) groups is 1. The molecule has 0 radical (unpaired) electrons. The highest BCUT2D eigenvalue weighted by Gasteiger charge is 2.34. The third kappa shape index (κ3) is 3.56. The third-order valence-electron chi connectivity index (χ3n) is 5.27. The van der Waals surface area contributed by atoms with Crippen molar-refractivity contribution in [3.05, 3.63) is 99.7 Å².